The van der Waals surface area contributed by atoms with Crippen LogP contribution in [0.3, 0.4) is 0 Å². The molecule has 3 heterocycles. The summed E-state index contributed by atoms with van der Waals surface area (Å²) in [7, 11) is 0. The molecular weight excluding hydrogens is 356 g/mol. The van der Waals surface area contributed by atoms with E-state index >= 15 is 0 Å². The third kappa shape index (κ3) is 4.45. The number of thiophene rings is 1. The van der Waals surface area contributed by atoms with Crippen LogP contribution in [0.5, 0.6) is 0 Å². The molecule has 0 bridgehead atoms. The van der Waals surface area contributed by atoms with Gasteiger partial charge < -0.3 is 10.6 Å². The highest BCUT2D eigenvalue weighted by Crippen LogP contribution is 2.22. The van der Waals surface area contributed by atoms with E-state index in [0.29, 0.717) is 31.7 Å². The average molecular weight is 379 g/mol. The molecule has 1 aliphatic heterocycles. The van der Waals surface area contributed by atoms with Gasteiger partial charge in [-0.3, -0.25) is 14.5 Å². The largest absolute Gasteiger partial charge is 0.355 e. The van der Waals surface area contributed by atoms with E-state index in [9.17, 15) is 9.59 Å². The number of aryl methyl sites for hydroxylation is 1. The van der Waals surface area contributed by atoms with Gasteiger partial charge in [-0.25, -0.2) is 4.98 Å². The maximum absolute atomic E-state index is 12.4. The number of rotatable bonds is 6. The van der Waals surface area contributed by atoms with E-state index in [0.717, 1.165) is 5.01 Å². The summed E-state index contributed by atoms with van der Waals surface area (Å²) in [6.07, 6.45) is 0.616. The minimum absolute atomic E-state index is 0.0268. The molecule has 1 aliphatic rings. The van der Waals surface area contributed by atoms with Crippen molar-refractivity contribution in [1.29, 1.82) is 0 Å². The van der Waals surface area contributed by atoms with Crippen LogP contribution in [0.4, 0.5) is 0 Å². The molecular formula is C17H22N4O2S2. The SMILES string of the molecule is CCNC(=O)C1CC(NC(=O)c2csc(C)n2)CN1Cc1ccsc1. The second-order valence-corrected chi connectivity index (χ2v) is 7.97. The van der Waals surface area contributed by atoms with Gasteiger partial charge in [0, 0.05) is 31.1 Å². The zero-order valence-corrected chi connectivity index (χ0v) is 16.0. The lowest BCUT2D eigenvalue weighted by molar-refractivity contribution is -0.125. The number of amides is 2. The fourth-order valence-electron chi connectivity index (χ4n) is 3.09. The van der Waals surface area contributed by atoms with Crippen molar-refractivity contribution in [2.24, 2.45) is 0 Å². The second kappa shape index (κ2) is 8.07. The maximum atomic E-state index is 12.4. The van der Waals surface area contributed by atoms with Gasteiger partial charge in [-0.15, -0.1) is 11.3 Å². The van der Waals surface area contributed by atoms with Gasteiger partial charge in [-0.1, -0.05) is 0 Å². The van der Waals surface area contributed by atoms with E-state index in [-0.39, 0.29) is 23.9 Å². The van der Waals surface area contributed by atoms with E-state index in [1.807, 2.05) is 19.2 Å². The standard InChI is InChI=1S/C17H22N4O2S2/c1-3-18-17(23)15-6-13(8-21(15)7-12-4-5-24-9-12)20-16(22)14-10-25-11(2)19-14/h4-5,9-10,13,15H,3,6-8H2,1-2H3,(H,18,23)(H,20,22). The summed E-state index contributed by atoms with van der Waals surface area (Å²) in [5.41, 5.74) is 1.65. The van der Waals surface area contributed by atoms with E-state index < -0.39 is 0 Å². The molecule has 2 atom stereocenters. The van der Waals surface area contributed by atoms with Crippen molar-refractivity contribution in [3.05, 3.63) is 38.5 Å². The fraction of sp³-hybridized carbons (Fsp3) is 0.471. The number of nitrogens with one attached hydrogen (secondary N) is 2. The average Bonchev–Trinajstić information content (AvgIpc) is 3.30. The predicted octanol–water partition coefficient (Wildman–Crippen LogP) is 2.02. The molecule has 2 aromatic heterocycles. The van der Waals surface area contributed by atoms with Crippen molar-refractivity contribution in [2.45, 2.75) is 38.9 Å². The lowest BCUT2D eigenvalue weighted by Crippen LogP contribution is -2.42. The van der Waals surface area contributed by atoms with E-state index in [1.54, 1.807) is 16.7 Å². The molecule has 0 spiro atoms. The number of carbonyl (C=O) groups excluding carboxylic acids is 2. The van der Waals surface area contributed by atoms with Crippen LogP contribution in [-0.4, -0.2) is 46.9 Å². The van der Waals surface area contributed by atoms with Gasteiger partial charge in [-0.2, -0.15) is 11.3 Å². The lowest BCUT2D eigenvalue weighted by atomic mass is 10.1. The van der Waals surface area contributed by atoms with Crippen LogP contribution in [0.1, 0.15) is 34.4 Å². The number of hydrogen-bond acceptors (Lipinski definition) is 6. The Morgan fingerprint density at radius 2 is 2.24 bits per heavy atom. The van der Waals surface area contributed by atoms with Gasteiger partial charge >= 0.3 is 0 Å². The highest BCUT2D eigenvalue weighted by Gasteiger charge is 2.37. The molecule has 6 nitrogen and oxygen atoms in total. The molecule has 0 aromatic carbocycles. The molecule has 3 rings (SSSR count). The van der Waals surface area contributed by atoms with Crippen LogP contribution in [0.15, 0.2) is 22.2 Å². The minimum Gasteiger partial charge on any atom is -0.355 e. The Hall–Kier alpha value is -1.77. The van der Waals surface area contributed by atoms with Crippen molar-refractivity contribution in [2.75, 3.05) is 13.1 Å². The Kier molecular flexibility index (Phi) is 5.82. The minimum atomic E-state index is -0.220. The first-order valence-corrected chi connectivity index (χ1v) is 10.1. The zero-order valence-electron chi connectivity index (χ0n) is 14.3. The number of aromatic nitrogens is 1. The first kappa shape index (κ1) is 18.0. The van der Waals surface area contributed by atoms with Crippen molar-refractivity contribution in [3.63, 3.8) is 0 Å². The van der Waals surface area contributed by atoms with Crippen molar-refractivity contribution in [3.8, 4) is 0 Å². The van der Waals surface area contributed by atoms with Crippen molar-refractivity contribution in [1.82, 2.24) is 20.5 Å². The van der Waals surface area contributed by atoms with Gasteiger partial charge in [-0.05, 0) is 42.7 Å². The summed E-state index contributed by atoms with van der Waals surface area (Å²) in [6.45, 7) is 5.78. The smallest absolute Gasteiger partial charge is 0.271 e. The molecule has 25 heavy (non-hydrogen) atoms. The molecule has 8 heteroatoms. The van der Waals surface area contributed by atoms with Crippen LogP contribution in [0.25, 0.3) is 0 Å². The van der Waals surface area contributed by atoms with Crippen molar-refractivity contribution < 1.29 is 9.59 Å². The highest BCUT2D eigenvalue weighted by atomic mass is 32.1. The first-order valence-electron chi connectivity index (χ1n) is 8.32. The highest BCUT2D eigenvalue weighted by molar-refractivity contribution is 7.09. The van der Waals surface area contributed by atoms with Crippen LogP contribution in [-0.2, 0) is 11.3 Å². The number of likely N-dealkylation sites (N-methyl/N-ethyl adjacent to an activating group) is 1. The Bertz CT molecular complexity index is 729. The normalized spacial score (nSPS) is 20.6. The summed E-state index contributed by atoms with van der Waals surface area (Å²) in [4.78, 5) is 31.1. The summed E-state index contributed by atoms with van der Waals surface area (Å²) in [5, 5.41) is 12.7. The van der Waals surface area contributed by atoms with Gasteiger partial charge in [0.1, 0.15) is 5.69 Å². The van der Waals surface area contributed by atoms with Crippen molar-refractivity contribution >= 4 is 34.5 Å². The number of thiazole rings is 1. The second-order valence-electron chi connectivity index (χ2n) is 6.13. The molecule has 0 aliphatic carbocycles. The Balaban J connectivity index is 1.67. The van der Waals surface area contributed by atoms with E-state index in [2.05, 4.69) is 32.0 Å². The fourth-order valence-corrected chi connectivity index (χ4v) is 4.34. The molecule has 134 valence electrons. The first-order chi connectivity index (χ1) is 12.1. The summed E-state index contributed by atoms with van der Waals surface area (Å²) in [6, 6.07) is 1.80. The number of likely N-dealkylation sites (tertiary alicyclic amines) is 1. The molecule has 2 amide bonds. The molecule has 1 saturated heterocycles. The van der Waals surface area contributed by atoms with Crippen LogP contribution >= 0.6 is 22.7 Å². The summed E-state index contributed by atoms with van der Waals surface area (Å²) in [5.74, 6) is -0.139. The van der Waals surface area contributed by atoms with Crippen LogP contribution in [0, 0.1) is 6.92 Å². The quantitative estimate of drug-likeness (QED) is 0.807. The van der Waals surface area contributed by atoms with E-state index in [4.69, 9.17) is 0 Å². The molecule has 0 radical (unpaired) electrons. The maximum Gasteiger partial charge on any atom is 0.271 e. The molecule has 0 saturated carbocycles. The molecule has 2 aromatic rings. The van der Waals surface area contributed by atoms with Gasteiger partial charge in [0.25, 0.3) is 5.91 Å². The van der Waals surface area contributed by atoms with Crippen LogP contribution < -0.4 is 10.6 Å². The topological polar surface area (TPSA) is 74.3 Å². The number of hydrogen-bond donors (Lipinski definition) is 2. The lowest BCUT2D eigenvalue weighted by Gasteiger charge is -2.22. The Labute approximate surface area is 155 Å². The van der Waals surface area contributed by atoms with Gasteiger partial charge in [0.15, 0.2) is 0 Å². The Morgan fingerprint density at radius 3 is 2.88 bits per heavy atom. The number of carbonyl (C=O) groups is 2. The van der Waals surface area contributed by atoms with Gasteiger partial charge in [0.2, 0.25) is 5.91 Å². The van der Waals surface area contributed by atoms with Crippen LogP contribution in [0.2, 0.25) is 0 Å². The monoisotopic (exact) mass is 378 g/mol. The molecule has 2 N–H and O–H groups in total. The predicted molar refractivity (Wildman–Crippen MR) is 99.9 cm³/mol. The zero-order chi connectivity index (χ0) is 17.8. The summed E-state index contributed by atoms with van der Waals surface area (Å²) >= 11 is 3.11. The number of nitrogens with zero attached hydrogens (tertiary/aromatic N) is 2. The van der Waals surface area contributed by atoms with E-state index in [1.165, 1.54) is 16.9 Å². The summed E-state index contributed by atoms with van der Waals surface area (Å²) < 4.78 is 0. The molecule has 1 fully saturated rings. The third-order valence-corrected chi connectivity index (χ3v) is 5.72. The third-order valence-electron chi connectivity index (χ3n) is 4.21. The van der Waals surface area contributed by atoms with Gasteiger partial charge in [0.05, 0.1) is 11.0 Å². The Morgan fingerprint density at radius 1 is 1.40 bits per heavy atom. The molecule has 2 unspecified atom stereocenters.